The Labute approximate surface area is 128 Å². The van der Waals surface area contributed by atoms with Gasteiger partial charge in [-0.1, -0.05) is 6.07 Å². The molecule has 0 saturated heterocycles. The first-order valence-corrected chi connectivity index (χ1v) is 7.22. The summed E-state index contributed by atoms with van der Waals surface area (Å²) in [5, 5.41) is 12.0. The summed E-state index contributed by atoms with van der Waals surface area (Å²) >= 11 is 3.41. The minimum absolute atomic E-state index is 0.155. The number of aliphatic hydroxyl groups is 1. The van der Waals surface area contributed by atoms with Crippen molar-refractivity contribution in [3.8, 4) is 5.75 Å². The van der Waals surface area contributed by atoms with Gasteiger partial charge in [-0.05, 0) is 47.0 Å². The molecule has 0 bridgehead atoms. The summed E-state index contributed by atoms with van der Waals surface area (Å²) in [5.74, 6) is 0.758. The topological polar surface area (TPSA) is 61.8 Å². The minimum atomic E-state index is -0.400. The van der Waals surface area contributed by atoms with Gasteiger partial charge in [0, 0.05) is 20.1 Å². The highest BCUT2D eigenvalue weighted by Gasteiger charge is 2.09. The summed E-state index contributed by atoms with van der Waals surface area (Å²) in [7, 11) is 3.32. The fraction of sp³-hybridized carbons (Fsp3) is 0.500. The van der Waals surface area contributed by atoms with Gasteiger partial charge in [-0.2, -0.15) is 0 Å². The van der Waals surface area contributed by atoms with Crippen molar-refractivity contribution >= 4 is 22.0 Å². The first-order chi connectivity index (χ1) is 9.43. The van der Waals surface area contributed by atoms with Crippen LogP contribution in [0.5, 0.6) is 5.75 Å². The van der Waals surface area contributed by atoms with E-state index in [4.69, 9.17) is 4.74 Å². The smallest absolute Gasteiger partial charge is 0.317 e. The third-order valence-corrected chi connectivity index (χ3v) is 3.51. The van der Waals surface area contributed by atoms with E-state index >= 15 is 0 Å². The number of benzene rings is 1. The fourth-order valence-corrected chi connectivity index (χ4v) is 2.20. The first kappa shape index (κ1) is 16.8. The van der Waals surface area contributed by atoms with Gasteiger partial charge in [0.1, 0.15) is 5.75 Å². The van der Waals surface area contributed by atoms with Gasteiger partial charge in [0.05, 0.1) is 17.7 Å². The summed E-state index contributed by atoms with van der Waals surface area (Å²) in [6, 6.07) is 5.51. The zero-order valence-corrected chi connectivity index (χ0v) is 13.6. The van der Waals surface area contributed by atoms with Crippen molar-refractivity contribution in [3.05, 3.63) is 28.2 Å². The lowest BCUT2D eigenvalue weighted by molar-refractivity contribution is 0.163. The number of rotatable bonds is 6. The van der Waals surface area contributed by atoms with E-state index in [2.05, 4.69) is 21.2 Å². The maximum Gasteiger partial charge on any atom is 0.317 e. The molecule has 1 unspecified atom stereocenters. The number of halogens is 1. The lowest BCUT2D eigenvalue weighted by Crippen LogP contribution is -2.38. The first-order valence-electron chi connectivity index (χ1n) is 6.43. The lowest BCUT2D eigenvalue weighted by Gasteiger charge is -2.18. The van der Waals surface area contributed by atoms with E-state index < -0.39 is 6.10 Å². The maximum absolute atomic E-state index is 11.8. The number of carbonyl (C=O) groups excluding carboxylic acids is 1. The molecule has 2 amide bonds. The van der Waals surface area contributed by atoms with Crippen LogP contribution >= 0.6 is 15.9 Å². The Hall–Kier alpha value is -1.27. The van der Waals surface area contributed by atoms with Crippen LogP contribution in [0, 0.1) is 0 Å². The molecule has 1 aromatic rings. The molecular weight excluding hydrogens is 324 g/mol. The maximum atomic E-state index is 11.8. The van der Waals surface area contributed by atoms with Crippen molar-refractivity contribution < 1.29 is 14.6 Å². The number of ether oxygens (including phenoxy) is 1. The molecular formula is C14H21BrN2O3. The van der Waals surface area contributed by atoms with E-state index in [1.54, 1.807) is 26.0 Å². The summed E-state index contributed by atoms with van der Waals surface area (Å²) in [6.45, 7) is 2.68. The van der Waals surface area contributed by atoms with Crippen LogP contribution in [0.1, 0.15) is 18.9 Å². The molecule has 20 heavy (non-hydrogen) atoms. The molecule has 0 aliphatic rings. The van der Waals surface area contributed by atoms with Crippen LogP contribution in [-0.4, -0.2) is 42.8 Å². The molecule has 1 atom stereocenters. The van der Waals surface area contributed by atoms with Gasteiger partial charge in [0.2, 0.25) is 0 Å². The molecule has 0 aliphatic carbocycles. The zero-order chi connectivity index (χ0) is 15.1. The average molecular weight is 345 g/mol. The number of amides is 2. The second-order valence-corrected chi connectivity index (χ2v) is 5.54. The highest BCUT2D eigenvalue weighted by molar-refractivity contribution is 9.10. The van der Waals surface area contributed by atoms with Gasteiger partial charge < -0.3 is 20.1 Å². The number of urea groups is 1. The van der Waals surface area contributed by atoms with Crippen LogP contribution < -0.4 is 10.1 Å². The number of nitrogens with zero attached hydrogens (tertiary/aromatic N) is 1. The molecule has 112 valence electrons. The molecule has 0 aliphatic heterocycles. The van der Waals surface area contributed by atoms with Crippen molar-refractivity contribution in [2.45, 2.75) is 26.0 Å². The summed E-state index contributed by atoms with van der Waals surface area (Å²) in [6.07, 6.45) is 0.167. The molecule has 0 radical (unpaired) electrons. The molecule has 0 spiro atoms. The summed E-state index contributed by atoms with van der Waals surface area (Å²) in [4.78, 5) is 13.4. The van der Waals surface area contributed by atoms with Crippen LogP contribution in [0.2, 0.25) is 0 Å². The number of methoxy groups -OCH3 is 1. The van der Waals surface area contributed by atoms with Gasteiger partial charge in [-0.25, -0.2) is 4.79 Å². The number of nitrogens with one attached hydrogen (secondary N) is 1. The van der Waals surface area contributed by atoms with E-state index in [0.29, 0.717) is 19.5 Å². The van der Waals surface area contributed by atoms with Gasteiger partial charge in [-0.15, -0.1) is 0 Å². The molecule has 0 fully saturated rings. The van der Waals surface area contributed by atoms with Crippen molar-refractivity contribution in [1.29, 1.82) is 0 Å². The third kappa shape index (κ3) is 5.38. The standard InChI is InChI=1S/C14H21BrN2O3/c1-10(18)6-7-17(2)14(19)16-9-11-4-5-13(20-3)12(15)8-11/h4-5,8,10,18H,6-7,9H2,1-3H3,(H,16,19). The molecule has 0 heterocycles. The average Bonchev–Trinajstić information content (AvgIpc) is 2.42. The summed E-state index contributed by atoms with van der Waals surface area (Å²) in [5.41, 5.74) is 0.981. The van der Waals surface area contributed by atoms with Crippen molar-refractivity contribution in [2.24, 2.45) is 0 Å². The van der Waals surface area contributed by atoms with E-state index in [1.807, 2.05) is 18.2 Å². The second kappa shape index (κ2) is 8.11. The van der Waals surface area contributed by atoms with Gasteiger partial charge in [0.25, 0.3) is 0 Å². The quantitative estimate of drug-likeness (QED) is 0.832. The Balaban J connectivity index is 2.46. The van der Waals surface area contributed by atoms with Crippen LogP contribution in [0.15, 0.2) is 22.7 Å². The molecule has 1 rings (SSSR count). The molecule has 2 N–H and O–H groups in total. The van der Waals surface area contributed by atoms with Crippen LogP contribution in [-0.2, 0) is 6.54 Å². The fourth-order valence-electron chi connectivity index (χ4n) is 1.61. The van der Waals surface area contributed by atoms with Gasteiger partial charge in [0.15, 0.2) is 0 Å². The molecule has 0 saturated carbocycles. The Morgan fingerprint density at radius 2 is 2.25 bits per heavy atom. The number of aliphatic hydroxyl groups excluding tert-OH is 1. The molecule has 6 heteroatoms. The molecule has 0 aromatic heterocycles. The molecule has 1 aromatic carbocycles. The van der Waals surface area contributed by atoms with Crippen LogP contribution in [0.3, 0.4) is 0 Å². The number of hydrogen-bond donors (Lipinski definition) is 2. The number of carbonyl (C=O) groups is 1. The van der Waals surface area contributed by atoms with E-state index in [-0.39, 0.29) is 6.03 Å². The zero-order valence-electron chi connectivity index (χ0n) is 12.0. The van der Waals surface area contributed by atoms with Gasteiger partial charge in [-0.3, -0.25) is 0 Å². The third-order valence-electron chi connectivity index (χ3n) is 2.89. The molecule has 5 nitrogen and oxygen atoms in total. The van der Waals surface area contributed by atoms with Crippen molar-refractivity contribution in [1.82, 2.24) is 10.2 Å². The lowest BCUT2D eigenvalue weighted by atomic mass is 10.2. The van der Waals surface area contributed by atoms with Crippen molar-refractivity contribution in [3.63, 3.8) is 0 Å². The van der Waals surface area contributed by atoms with E-state index in [9.17, 15) is 9.90 Å². The Bertz CT molecular complexity index is 452. The van der Waals surface area contributed by atoms with Crippen LogP contribution in [0.25, 0.3) is 0 Å². The largest absolute Gasteiger partial charge is 0.496 e. The Morgan fingerprint density at radius 3 is 2.80 bits per heavy atom. The predicted molar refractivity (Wildman–Crippen MR) is 81.9 cm³/mol. The SMILES string of the molecule is COc1ccc(CNC(=O)N(C)CCC(C)O)cc1Br. The highest BCUT2D eigenvalue weighted by atomic mass is 79.9. The van der Waals surface area contributed by atoms with Crippen molar-refractivity contribution in [2.75, 3.05) is 20.7 Å². The minimum Gasteiger partial charge on any atom is -0.496 e. The normalized spacial score (nSPS) is 11.8. The van der Waals surface area contributed by atoms with E-state index in [0.717, 1.165) is 15.8 Å². The number of hydrogen-bond acceptors (Lipinski definition) is 3. The highest BCUT2D eigenvalue weighted by Crippen LogP contribution is 2.25. The van der Waals surface area contributed by atoms with Crippen LogP contribution in [0.4, 0.5) is 4.79 Å². The Kier molecular flexibility index (Phi) is 6.81. The second-order valence-electron chi connectivity index (χ2n) is 4.69. The van der Waals surface area contributed by atoms with E-state index in [1.165, 1.54) is 0 Å². The monoisotopic (exact) mass is 344 g/mol. The van der Waals surface area contributed by atoms with Gasteiger partial charge >= 0.3 is 6.03 Å². The Morgan fingerprint density at radius 1 is 1.55 bits per heavy atom. The summed E-state index contributed by atoms with van der Waals surface area (Å²) < 4.78 is 6.01. The predicted octanol–water partition coefficient (Wildman–Crippen LogP) is 2.37.